The second-order valence-corrected chi connectivity index (χ2v) is 6.15. The molecule has 1 aromatic carbocycles. The molecule has 106 valence electrons. The highest BCUT2D eigenvalue weighted by molar-refractivity contribution is 9.10. The first kappa shape index (κ1) is 15.2. The summed E-state index contributed by atoms with van der Waals surface area (Å²) in [5.74, 6) is -1.25. The average molecular weight is 400 g/mol. The van der Waals surface area contributed by atoms with Gasteiger partial charge in [-0.25, -0.2) is 8.78 Å². The SMILES string of the molecule is Fc1cc(F)c(OCC2(CBr)CCOCC2)c(Br)c1. The fraction of sp³-hybridized carbons (Fsp3) is 0.538. The fourth-order valence-corrected chi connectivity index (χ4v) is 3.26. The van der Waals surface area contributed by atoms with Crippen molar-refractivity contribution >= 4 is 31.9 Å². The second kappa shape index (κ2) is 6.50. The minimum absolute atomic E-state index is 0.0570. The van der Waals surface area contributed by atoms with Crippen LogP contribution >= 0.6 is 31.9 Å². The molecule has 6 heteroatoms. The third kappa shape index (κ3) is 3.67. The van der Waals surface area contributed by atoms with E-state index in [1.807, 2.05) is 0 Å². The van der Waals surface area contributed by atoms with Gasteiger partial charge in [0.05, 0.1) is 11.1 Å². The van der Waals surface area contributed by atoms with Crippen LogP contribution in [0.1, 0.15) is 12.8 Å². The Morgan fingerprint density at radius 3 is 2.53 bits per heavy atom. The summed E-state index contributed by atoms with van der Waals surface area (Å²) in [6, 6.07) is 2.02. The van der Waals surface area contributed by atoms with E-state index in [-0.39, 0.29) is 11.2 Å². The van der Waals surface area contributed by atoms with Crippen LogP contribution in [0.2, 0.25) is 0 Å². The highest BCUT2D eigenvalue weighted by Crippen LogP contribution is 2.36. The molecule has 1 fully saturated rings. The summed E-state index contributed by atoms with van der Waals surface area (Å²) >= 11 is 6.61. The predicted molar refractivity (Wildman–Crippen MR) is 75.8 cm³/mol. The lowest BCUT2D eigenvalue weighted by atomic mass is 9.83. The number of hydrogen-bond donors (Lipinski definition) is 0. The topological polar surface area (TPSA) is 18.5 Å². The minimum atomic E-state index is -0.691. The summed E-state index contributed by atoms with van der Waals surface area (Å²) in [7, 11) is 0. The third-order valence-electron chi connectivity index (χ3n) is 3.32. The second-order valence-electron chi connectivity index (χ2n) is 4.73. The van der Waals surface area contributed by atoms with E-state index < -0.39 is 11.6 Å². The number of ether oxygens (including phenoxy) is 2. The van der Waals surface area contributed by atoms with Gasteiger partial charge in [0, 0.05) is 30.0 Å². The molecular formula is C13H14Br2F2O2. The zero-order chi connectivity index (χ0) is 13.9. The molecule has 1 heterocycles. The molecule has 2 nitrogen and oxygen atoms in total. The summed E-state index contributed by atoms with van der Waals surface area (Å²) in [5.41, 5.74) is -0.0570. The third-order valence-corrected chi connectivity index (χ3v) is 5.10. The van der Waals surface area contributed by atoms with Gasteiger partial charge < -0.3 is 9.47 Å². The molecular weight excluding hydrogens is 386 g/mol. The summed E-state index contributed by atoms with van der Waals surface area (Å²) < 4.78 is 37.9. The Morgan fingerprint density at radius 2 is 1.95 bits per heavy atom. The molecule has 0 aromatic heterocycles. The summed E-state index contributed by atoms with van der Waals surface area (Å²) in [6.07, 6.45) is 1.72. The van der Waals surface area contributed by atoms with Crippen LogP contribution in [0.4, 0.5) is 8.78 Å². The molecule has 0 amide bonds. The van der Waals surface area contributed by atoms with Gasteiger partial charge in [-0.05, 0) is 34.8 Å². The van der Waals surface area contributed by atoms with E-state index in [1.54, 1.807) is 0 Å². The smallest absolute Gasteiger partial charge is 0.169 e. The van der Waals surface area contributed by atoms with Crippen molar-refractivity contribution in [2.45, 2.75) is 12.8 Å². The average Bonchev–Trinajstić information content (AvgIpc) is 2.38. The van der Waals surface area contributed by atoms with E-state index >= 15 is 0 Å². The monoisotopic (exact) mass is 398 g/mol. The van der Waals surface area contributed by atoms with Gasteiger partial charge in [0.25, 0.3) is 0 Å². The van der Waals surface area contributed by atoms with Gasteiger partial charge >= 0.3 is 0 Å². The highest BCUT2D eigenvalue weighted by atomic mass is 79.9. The van der Waals surface area contributed by atoms with Gasteiger partial charge in [-0.15, -0.1) is 0 Å². The summed E-state index contributed by atoms with van der Waals surface area (Å²) in [5, 5.41) is 0.768. The van der Waals surface area contributed by atoms with E-state index in [2.05, 4.69) is 31.9 Å². The minimum Gasteiger partial charge on any atom is -0.489 e. The normalized spacial score (nSPS) is 18.3. The van der Waals surface area contributed by atoms with E-state index in [9.17, 15) is 8.78 Å². The van der Waals surface area contributed by atoms with Gasteiger partial charge in [-0.1, -0.05) is 15.9 Å². The Morgan fingerprint density at radius 1 is 1.26 bits per heavy atom. The zero-order valence-corrected chi connectivity index (χ0v) is 13.4. The Labute approximate surface area is 127 Å². The van der Waals surface area contributed by atoms with Gasteiger partial charge in [0.15, 0.2) is 11.6 Å². The number of halogens is 4. The molecule has 0 aliphatic carbocycles. The Hall–Kier alpha value is -0.200. The molecule has 0 bridgehead atoms. The van der Waals surface area contributed by atoms with Crippen molar-refractivity contribution in [2.24, 2.45) is 5.41 Å². The van der Waals surface area contributed by atoms with Crippen molar-refractivity contribution in [3.63, 3.8) is 0 Å². The molecule has 2 rings (SSSR count). The van der Waals surface area contributed by atoms with Crippen LogP contribution in [0.25, 0.3) is 0 Å². The first-order valence-corrected chi connectivity index (χ1v) is 7.89. The molecule has 0 atom stereocenters. The van der Waals surface area contributed by atoms with E-state index in [0.29, 0.717) is 24.3 Å². The largest absolute Gasteiger partial charge is 0.489 e. The van der Waals surface area contributed by atoms with Gasteiger partial charge in [-0.3, -0.25) is 0 Å². The van der Waals surface area contributed by atoms with E-state index in [4.69, 9.17) is 9.47 Å². The standard InChI is InChI=1S/C13H14Br2F2O2/c14-7-13(1-3-18-4-2-13)8-19-12-10(15)5-9(16)6-11(12)17/h5-6H,1-4,7-8H2. The predicted octanol–water partition coefficient (Wildman–Crippen LogP) is 4.30. The fourth-order valence-electron chi connectivity index (χ4n) is 2.01. The molecule has 0 saturated carbocycles. The molecule has 0 spiro atoms. The van der Waals surface area contributed by atoms with Crippen molar-refractivity contribution < 1.29 is 18.3 Å². The van der Waals surface area contributed by atoms with Crippen LogP contribution < -0.4 is 4.74 Å². The van der Waals surface area contributed by atoms with E-state index in [0.717, 1.165) is 24.2 Å². The highest BCUT2D eigenvalue weighted by Gasteiger charge is 2.33. The lowest BCUT2D eigenvalue weighted by molar-refractivity contribution is 0.00273. The van der Waals surface area contributed by atoms with Crippen LogP contribution in [-0.4, -0.2) is 25.2 Å². The number of benzene rings is 1. The summed E-state index contributed by atoms with van der Waals surface area (Å²) in [4.78, 5) is 0. The van der Waals surface area contributed by atoms with E-state index in [1.165, 1.54) is 6.07 Å². The van der Waals surface area contributed by atoms with Crippen LogP contribution in [0.5, 0.6) is 5.75 Å². The molecule has 1 aliphatic rings. The van der Waals surface area contributed by atoms with Crippen LogP contribution in [0.15, 0.2) is 16.6 Å². The van der Waals surface area contributed by atoms with Crippen molar-refractivity contribution in [2.75, 3.05) is 25.2 Å². The van der Waals surface area contributed by atoms with Crippen molar-refractivity contribution in [1.82, 2.24) is 0 Å². The molecule has 19 heavy (non-hydrogen) atoms. The molecule has 1 aliphatic heterocycles. The van der Waals surface area contributed by atoms with Crippen molar-refractivity contribution in [1.29, 1.82) is 0 Å². The Balaban J connectivity index is 2.09. The maximum Gasteiger partial charge on any atom is 0.169 e. The van der Waals surface area contributed by atoms with Gasteiger partial charge in [0.1, 0.15) is 5.82 Å². The van der Waals surface area contributed by atoms with Crippen LogP contribution in [0.3, 0.4) is 0 Å². The van der Waals surface area contributed by atoms with Gasteiger partial charge in [-0.2, -0.15) is 0 Å². The quantitative estimate of drug-likeness (QED) is 0.703. The lowest BCUT2D eigenvalue weighted by Gasteiger charge is -2.35. The van der Waals surface area contributed by atoms with Crippen LogP contribution in [-0.2, 0) is 4.74 Å². The maximum atomic E-state index is 13.7. The van der Waals surface area contributed by atoms with Crippen LogP contribution in [0, 0.1) is 17.0 Å². The Bertz CT molecular complexity index is 425. The summed E-state index contributed by atoms with van der Waals surface area (Å²) in [6.45, 7) is 1.74. The zero-order valence-electron chi connectivity index (χ0n) is 10.2. The molecule has 0 radical (unpaired) electrons. The molecule has 1 saturated heterocycles. The lowest BCUT2D eigenvalue weighted by Crippen LogP contribution is -2.36. The maximum absolute atomic E-state index is 13.7. The van der Waals surface area contributed by atoms with Crippen molar-refractivity contribution in [3.05, 3.63) is 28.2 Å². The molecule has 1 aromatic rings. The number of alkyl halides is 1. The molecule has 0 unspecified atom stereocenters. The van der Waals surface area contributed by atoms with Crippen molar-refractivity contribution in [3.8, 4) is 5.75 Å². The first-order valence-electron chi connectivity index (χ1n) is 5.97. The molecule has 0 N–H and O–H groups in total. The first-order chi connectivity index (χ1) is 9.06. The number of rotatable bonds is 4. The van der Waals surface area contributed by atoms with Gasteiger partial charge in [0.2, 0.25) is 0 Å². The Kier molecular flexibility index (Phi) is 5.20. The number of hydrogen-bond acceptors (Lipinski definition) is 2.